The van der Waals surface area contributed by atoms with Gasteiger partial charge < -0.3 is 10.2 Å². The number of anilines is 1. The second-order valence-corrected chi connectivity index (χ2v) is 5.65. The number of piperazine rings is 1. The molecule has 0 unspecified atom stereocenters. The molecule has 0 bridgehead atoms. The minimum Gasteiger partial charge on any atom is -0.354 e. The van der Waals surface area contributed by atoms with Gasteiger partial charge in [-0.15, -0.1) is 0 Å². The van der Waals surface area contributed by atoms with Crippen molar-refractivity contribution in [2.75, 3.05) is 31.1 Å². The van der Waals surface area contributed by atoms with Crippen molar-refractivity contribution >= 4 is 16.7 Å². The van der Waals surface area contributed by atoms with E-state index < -0.39 is 0 Å². The Balaban J connectivity index is 1.74. The Hall–Kier alpha value is -2.53. The highest BCUT2D eigenvalue weighted by Gasteiger charge is 2.13. The van der Waals surface area contributed by atoms with Crippen LogP contribution in [-0.2, 0) is 0 Å². The molecule has 0 spiro atoms. The number of fused-ring (bicyclic) bond motifs is 1. The van der Waals surface area contributed by atoms with Crippen LogP contribution < -0.4 is 10.2 Å². The minimum atomic E-state index is -0.255. The third-order valence-corrected chi connectivity index (χ3v) is 4.14. The molecule has 2 aromatic heterocycles. The van der Waals surface area contributed by atoms with E-state index in [1.807, 2.05) is 30.3 Å². The van der Waals surface area contributed by atoms with Gasteiger partial charge in [0.15, 0.2) is 0 Å². The Morgan fingerprint density at radius 2 is 1.87 bits per heavy atom. The van der Waals surface area contributed by atoms with Gasteiger partial charge in [-0.05, 0) is 30.3 Å². The van der Waals surface area contributed by atoms with E-state index in [1.165, 1.54) is 6.07 Å². The molecular formula is C18H17FN4. The molecule has 1 aliphatic rings. The number of hydrogen-bond donors (Lipinski definition) is 1. The van der Waals surface area contributed by atoms with E-state index in [0.29, 0.717) is 10.9 Å². The Morgan fingerprint density at radius 1 is 1.04 bits per heavy atom. The minimum absolute atomic E-state index is 0.255. The maximum Gasteiger partial charge on any atom is 0.132 e. The van der Waals surface area contributed by atoms with Gasteiger partial charge in [0.25, 0.3) is 0 Å². The van der Waals surface area contributed by atoms with Crippen molar-refractivity contribution in [3.63, 3.8) is 0 Å². The first-order chi connectivity index (χ1) is 11.3. The number of pyridine rings is 2. The van der Waals surface area contributed by atoms with Crippen molar-refractivity contribution in [3.8, 4) is 11.3 Å². The molecule has 3 aromatic rings. The standard InChI is InChI=1S/C18H17FN4/c19-15-3-1-5-17-14(15)11-13(12-21-17)16-4-2-6-18(22-16)23-9-7-20-8-10-23/h1-6,11-12,20H,7-10H2. The molecule has 0 atom stereocenters. The molecule has 0 amide bonds. The van der Waals surface area contributed by atoms with E-state index in [4.69, 9.17) is 4.98 Å². The molecule has 1 aliphatic heterocycles. The first-order valence-electron chi connectivity index (χ1n) is 7.79. The van der Waals surface area contributed by atoms with Crippen LogP contribution in [-0.4, -0.2) is 36.1 Å². The third-order valence-electron chi connectivity index (χ3n) is 4.14. The summed E-state index contributed by atoms with van der Waals surface area (Å²) in [4.78, 5) is 11.4. The smallest absolute Gasteiger partial charge is 0.132 e. The van der Waals surface area contributed by atoms with Crippen LogP contribution in [0.25, 0.3) is 22.2 Å². The molecule has 4 rings (SSSR count). The summed E-state index contributed by atoms with van der Waals surface area (Å²) < 4.78 is 14.0. The molecule has 23 heavy (non-hydrogen) atoms. The van der Waals surface area contributed by atoms with Crippen LogP contribution in [0.4, 0.5) is 10.2 Å². The fourth-order valence-corrected chi connectivity index (χ4v) is 2.91. The molecule has 1 saturated heterocycles. The molecule has 0 saturated carbocycles. The number of benzene rings is 1. The zero-order chi connectivity index (χ0) is 15.6. The predicted octanol–water partition coefficient (Wildman–Crippen LogP) is 2.85. The Bertz CT molecular complexity index is 843. The largest absolute Gasteiger partial charge is 0.354 e. The highest BCUT2D eigenvalue weighted by molar-refractivity contribution is 5.83. The third kappa shape index (κ3) is 2.75. The molecular weight excluding hydrogens is 291 g/mol. The van der Waals surface area contributed by atoms with Crippen molar-refractivity contribution in [1.82, 2.24) is 15.3 Å². The summed E-state index contributed by atoms with van der Waals surface area (Å²) in [5, 5.41) is 3.86. The fraction of sp³-hybridized carbons (Fsp3) is 0.222. The first kappa shape index (κ1) is 14.1. The number of hydrogen-bond acceptors (Lipinski definition) is 4. The van der Waals surface area contributed by atoms with Gasteiger partial charge in [0, 0.05) is 43.3 Å². The molecule has 116 valence electrons. The van der Waals surface area contributed by atoms with Gasteiger partial charge in [0.05, 0.1) is 11.2 Å². The van der Waals surface area contributed by atoms with Crippen molar-refractivity contribution in [2.45, 2.75) is 0 Å². The van der Waals surface area contributed by atoms with E-state index in [1.54, 1.807) is 12.3 Å². The lowest BCUT2D eigenvalue weighted by Crippen LogP contribution is -2.43. The zero-order valence-corrected chi connectivity index (χ0v) is 12.7. The van der Waals surface area contributed by atoms with Gasteiger partial charge in [-0.25, -0.2) is 9.37 Å². The molecule has 4 nitrogen and oxygen atoms in total. The van der Waals surface area contributed by atoms with Crippen LogP contribution in [0.1, 0.15) is 0 Å². The second-order valence-electron chi connectivity index (χ2n) is 5.65. The van der Waals surface area contributed by atoms with Gasteiger partial charge in [0.2, 0.25) is 0 Å². The number of aromatic nitrogens is 2. The Kier molecular flexibility index (Phi) is 3.63. The Labute approximate surface area is 134 Å². The maximum atomic E-state index is 14.0. The highest BCUT2D eigenvalue weighted by atomic mass is 19.1. The lowest BCUT2D eigenvalue weighted by Gasteiger charge is -2.28. The number of halogens is 1. The monoisotopic (exact) mass is 308 g/mol. The summed E-state index contributed by atoms with van der Waals surface area (Å²) in [6.07, 6.45) is 1.76. The van der Waals surface area contributed by atoms with Gasteiger partial charge in [-0.3, -0.25) is 4.98 Å². The summed E-state index contributed by atoms with van der Waals surface area (Å²) >= 11 is 0. The second kappa shape index (κ2) is 5.93. The normalized spacial score (nSPS) is 15.1. The van der Waals surface area contributed by atoms with Crippen LogP contribution >= 0.6 is 0 Å². The quantitative estimate of drug-likeness (QED) is 0.790. The van der Waals surface area contributed by atoms with E-state index in [-0.39, 0.29) is 5.82 Å². The van der Waals surface area contributed by atoms with Gasteiger partial charge in [0.1, 0.15) is 11.6 Å². The predicted molar refractivity (Wildman–Crippen MR) is 90.0 cm³/mol. The zero-order valence-electron chi connectivity index (χ0n) is 12.7. The van der Waals surface area contributed by atoms with Crippen molar-refractivity contribution in [3.05, 3.63) is 54.5 Å². The van der Waals surface area contributed by atoms with Crippen LogP contribution in [0.15, 0.2) is 48.7 Å². The van der Waals surface area contributed by atoms with Crippen molar-refractivity contribution in [1.29, 1.82) is 0 Å². The molecule has 1 aromatic carbocycles. The van der Waals surface area contributed by atoms with Crippen LogP contribution in [0.2, 0.25) is 0 Å². The van der Waals surface area contributed by atoms with Crippen LogP contribution in [0, 0.1) is 5.82 Å². The summed E-state index contributed by atoms with van der Waals surface area (Å²) in [6.45, 7) is 3.82. The highest BCUT2D eigenvalue weighted by Crippen LogP contribution is 2.25. The average Bonchev–Trinajstić information content (AvgIpc) is 2.63. The Morgan fingerprint density at radius 3 is 2.74 bits per heavy atom. The molecule has 0 radical (unpaired) electrons. The van der Waals surface area contributed by atoms with Crippen LogP contribution in [0.3, 0.4) is 0 Å². The van der Waals surface area contributed by atoms with Crippen molar-refractivity contribution in [2.24, 2.45) is 0 Å². The number of nitrogens with one attached hydrogen (secondary N) is 1. The topological polar surface area (TPSA) is 41.1 Å². The summed E-state index contributed by atoms with van der Waals surface area (Å²) in [6, 6.07) is 12.7. The molecule has 5 heteroatoms. The SMILES string of the molecule is Fc1cccc2ncc(-c3cccc(N4CCNCC4)n3)cc12. The molecule has 1 N–H and O–H groups in total. The lowest BCUT2D eigenvalue weighted by molar-refractivity contribution is 0.585. The molecule has 1 fully saturated rings. The van der Waals surface area contributed by atoms with Gasteiger partial charge >= 0.3 is 0 Å². The average molecular weight is 308 g/mol. The van der Waals surface area contributed by atoms with Gasteiger partial charge in [-0.1, -0.05) is 12.1 Å². The van der Waals surface area contributed by atoms with E-state index in [2.05, 4.69) is 15.2 Å². The maximum absolute atomic E-state index is 14.0. The molecule has 3 heterocycles. The van der Waals surface area contributed by atoms with E-state index in [0.717, 1.165) is 43.3 Å². The summed E-state index contributed by atoms with van der Waals surface area (Å²) in [5.41, 5.74) is 2.31. The fourth-order valence-electron chi connectivity index (χ4n) is 2.91. The van der Waals surface area contributed by atoms with E-state index >= 15 is 0 Å². The van der Waals surface area contributed by atoms with E-state index in [9.17, 15) is 4.39 Å². The lowest BCUT2D eigenvalue weighted by atomic mass is 10.1. The summed E-state index contributed by atoms with van der Waals surface area (Å²) in [7, 11) is 0. The first-order valence-corrected chi connectivity index (χ1v) is 7.79. The summed E-state index contributed by atoms with van der Waals surface area (Å²) in [5.74, 6) is 0.702. The number of nitrogens with zero attached hydrogens (tertiary/aromatic N) is 3. The van der Waals surface area contributed by atoms with Gasteiger partial charge in [-0.2, -0.15) is 0 Å². The van der Waals surface area contributed by atoms with Crippen molar-refractivity contribution < 1.29 is 4.39 Å². The molecule has 0 aliphatic carbocycles. The van der Waals surface area contributed by atoms with Crippen LogP contribution in [0.5, 0.6) is 0 Å². The number of rotatable bonds is 2.